The molecule has 0 spiro atoms. The fourth-order valence-corrected chi connectivity index (χ4v) is 3.55. The molecule has 1 aromatic carbocycles. The zero-order valence-electron chi connectivity index (χ0n) is 13.2. The van der Waals surface area contributed by atoms with Gasteiger partial charge in [-0.15, -0.1) is 12.4 Å². The van der Waals surface area contributed by atoms with E-state index >= 15 is 0 Å². The van der Waals surface area contributed by atoms with Crippen molar-refractivity contribution in [3.63, 3.8) is 0 Å². The van der Waals surface area contributed by atoms with E-state index < -0.39 is 5.91 Å². The molecule has 1 fully saturated rings. The second kappa shape index (κ2) is 9.80. The Balaban J connectivity index is 0.00000264. The quantitative estimate of drug-likeness (QED) is 0.810. The van der Waals surface area contributed by atoms with Crippen LogP contribution < -0.4 is 11.1 Å². The van der Waals surface area contributed by atoms with Crippen molar-refractivity contribution >= 4 is 36.0 Å². The summed E-state index contributed by atoms with van der Waals surface area (Å²) in [6.07, 6.45) is 0.400. The molecule has 1 saturated heterocycles. The van der Waals surface area contributed by atoms with Crippen molar-refractivity contribution in [1.29, 1.82) is 0 Å². The lowest BCUT2D eigenvalue weighted by Crippen LogP contribution is -2.45. The molecule has 5 nitrogen and oxygen atoms in total. The minimum atomic E-state index is -0.484. The predicted molar refractivity (Wildman–Crippen MR) is 96.7 cm³/mol. The number of nitrogens with zero attached hydrogens (tertiary/aromatic N) is 1. The number of primary amides is 1. The smallest absolute Gasteiger partial charge is 0.237 e. The molecule has 1 aromatic rings. The number of hydrogen-bond acceptors (Lipinski definition) is 4. The summed E-state index contributed by atoms with van der Waals surface area (Å²) in [5.74, 6) is 1.49. The molecular weight excluding hydrogens is 334 g/mol. The Bertz CT molecular complexity index is 509. The summed E-state index contributed by atoms with van der Waals surface area (Å²) in [5, 5.41) is 3.35. The molecule has 128 valence electrons. The lowest BCUT2D eigenvalue weighted by Gasteiger charge is -2.31. The predicted octanol–water partition coefficient (Wildman–Crippen LogP) is 1.58. The van der Waals surface area contributed by atoms with Gasteiger partial charge in [-0.05, 0) is 12.5 Å². The van der Waals surface area contributed by atoms with Crippen LogP contribution in [0.25, 0.3) is 0 Å². The van der Waals surface area contributed by atoms with Crippen LogP contribution in [0.15, 0.2) is 30.3 Å². The summed E-state index contributed by atoms with van der Waals surface area (Å²) in [5.41, 5.74) is 6.33. The molecule has 0 bridgehead atoms. The molecule has 7 heteroatoms. The summed E-state index contributed by atoms with van der Waals surface area (Å²) in [4.78, 5) is 25.6. The number of rotatable bonds is 6. The Morgan fingerprint density at radius 3 is 2.65 bits per heavy atom. The number of benzene rings is 1. The first-order valence-corrected chi connectivity index (χ1v) is 8.67. The minimum absolute atomic E-state index is 0. The molecule has 0 radical (unpaired) electrons. The van der Waals surface area contributed by atoms with Gasteiger partial charge in [0.25, 0.3) is 0 Å². The highest BCUT2D eigenvalue weighted by atomic mass is 35.5. The molecule has 2 rings (SSSR count). The molecule has 0 aromatic heterocycles. The Hall–Kier alpha value is -1.24. The van der Waals surface area contributed by atoms with Crippen LogP contribution in [0.4, 0.5) is 0 Å². The summed E-state index contributed by atoms with van der Waals surface area (Å²) < 4.78 is 0. The van der Waals surface area contributed by atoms with Gasteiger partial charge in [0.2, 0.25) is 11.8 Å². The third kappa shape index (κ3) is 6.05. The topological polar surface area (TPSA) is 75.4 Å². The first kappa shape index (κ1) is 19.8. The first-order chi connectivity index (χ1) is 10.6. The van der Waals surface area contributed by atoms with Crippen LogP contribution in [0, 0.1) is 0 Å². The number of nitrogens with two attached hydrogens (primary N) is 1. The van der Waals surface area contributed by atoms with Crippen molar-refractivity contribution in [3.05, 3.63) is 35.9 Å². The highest BCUT2D eigenvalue weighted by molar-refractivity contribution is 7.99. The maximum absolute atomic E-state index is 12.6. The maximum atomic E-state index is 12.6. The number of hydrogen-bond donors (Lipinski definition) is 2. The fourth-order valence-electron chi connectivity index (χ4n) is 2.60. The van der Waals surface area contributed by atoms with Crippen molar-refractivity contribution in [3.8, 4) is 0 Å². The van der Waals surface area contributed by atoms with Gasteiger partial charge in [-0.2, -0.15) is 11.8 Å². The van der Waals surface area contributed by atoms with Crippen LogP contribution in [-0.2, 0) is 9.59 Å². The summed E-state index contributed by atoms with van der Waals surface area (Å²) >= 11 is 1.85. The van der Waals surface area contributed by atoms with E-state index in [1.54, 1.807) is 4.90 Å². The van der Waals surface area contributed by atoms with E-state index in [-0.39, 0.29) is 36.9 Å². The molecule has 0 saturated carbocycles. The van der Waals surface area contributed by atoms with Crippen LogP contribution in [0.3, 0.4) is 0 Å². The van der Waals surface area contributed by atoms with Crippen molar-refractivity contribution in [2.24, 2.45) is 5.73 Å². The summed E-state index contributed by atoms with van der Waals surface area (Å²) in [6, 6.07) is 9.71. The van der Waals surface area contributed by atoms with Crippen LogP contribution in [-0.4, -0.2) is 47.4 Å². The highest BCUT2D eigenvalue weighted by Crippen LogP contribution is 2.21. The lowest BCUT2D eigenvalue weighted by atomic mass is 10.1. The average molecular weight is 358 g/mol. The first-order valence-electron chi connectivity index (χ1n) is 7.51. The van der Waals surface area contributed by atoms with Gasteiger partial charge in [-0.25, -0.2) is 0 Å². The van der Waals surface area contributed by atoms with Crippen molar-refractivity contribution in [1.82, 2.24) is 10.2 Å². The SMILES string of the molecule is C[C@H](c1ccccc1)N(CC(N)=O)C(=O)CC1CSCCN1.Cl. The molecule has 1 unspecified atom stereocenters. The summed E-state index contributed by atoms with van der Waals surface area (Å²) in [6.45, 7) is 2.81. The average Bonchev–Trinajstić information content (AvgIpc) is 2.53. The van der Waals surface area contributed by atoms with E-state index in [1.807, 2.05) is 49.0 Å². The van der Waals surface area contributed by atoms with Gasteiger partial charge in [0.05, 0.1) is 12.6 Å². The van der Waals surface area contributed by atoms with Crippen LogP contribution in [0.1, 0.15) is 24.9 Å². The number of carbonyl (C=O) groups excluding carboxylic acids is 2. The maximum Gasteiger partial charge on any atom is 0.237 e. The minimum Gasteiger partial charge on any atom is -0.368 e. The number of amides is 2. The zero-order chi connectivity index (χ0) is 15.9. The third-order valence-electron chi connectivity index (χ3n) is 3.82. The molecule has 0 aliphatic carbocycles. The van der Waals surface area contributed by atoms with Gasteiger partial charge >= 0.3 is 0 Å². The molecule has 1 aliphatic heterocycles. The molecule has 2 atom stereocenters. The van der Waals surface area contributed by atoms with E-state index in [4.69, 9.17) is 5.73 Å². The van der Waals surface area contributed by atoms with E-state index in [9.17, 15) is 9.59 Å². The molecule has 1 heterocycles. The van der Waals surface area contributed by atoms with E-state index in [1.165, 1.54) is 0 Å². The number of halogens is 1. The van der Waals surface area contributed by atoms with Gasteiger partial charge < -0.3 is 16.0 Å². The second-order valence-electron chi connectivity index (χ2n) is 5.50. The van der Waals surface area contributed by atoms with Gasteiger partial charge in [0.1, 0.15) is 0 Å². The Kier molecular flexibility index (Phi) is 8.44. The Morgan fingerprint density at radius 2 is 2.09 bits per heavy atom. The molecule has 23 heavy (non-hydrogen) atoms. The molecular formula is C16H24ClN3O2S. The Morgan fingerprint density at radius 1 is 1.39 bits per heavy atom. The highest BCUT2D eigenvalue weighted by Gasteiger charge is 2.26. The van der Waals surface area contributed by atoms with Crippen LogP contribution in [0.2, 0.25) is 0 Å². The standard InChI is InChI=1S/C16H23N3O2S.ClH/c1-12(13-5-3-2-4-6-13)19(10-15(17)20)16(21)9-14-11-22-8-7-18-14;/h2-6,12,14,18H,7-11H2,1H3,(H2,17,20);1H/t12-,14?;/m1./s1. The Labute approximate surface area is 147 Å². The molecule has 3 N–H and O–H groups in total. The number of thioether (sulfide) groups is 1. The van der Waals surface area contributed by atoms with E-state index in [2.05, 4.69) is 5.32 Å². The van der Waals surface area contributed by atoms with E-state index in [0.29, 0.717) is 6.42 Å². The van der Waals surface area contributed by atoms with Crippen LogP contribution >= 0.6 is 24.2 Å². The zero-order valence-corrected chi connectivity index (χ0v) is 14.9. The van der Waals surface area contributed by atoms with Crippen molar-refractivity contribution in [2.75, 3.05) is 24.6 Å². The number of nitrogens with one attached hydrogen (secondary N) is 1. The fraction of sp³-hybridized carbons (Fsp3) is 0.500. The van der Waals surface area contributed by atoms with Gasteiger partial charge in [-0.3, -0.25) is 9.59 Å². The van der Waals surface area contributed by atoms with Crippen LogP contribution in [0.5, 0.6) is 0 Å². The molecule has 1 aliphatic rings. The monoisotopic (exact) mass is 357 g/mol. The van der Waals surface area contributed by atoms with Gasteiger partial charge in [0.15, 0.2) is 0 Å². The van der Waals surface area contributed by atoms with Crippen molar-refractivity contribution in [2.45, 2.75) is 25.4 Å². The largest absolute Gasteiger partial charge is 0.368 e. The molecule has 2 amide bonds. The van der Waals surface area contributed by atoms with Gasteiger partial charge in [0, 0.05) is 30.5 Å². The lowest BCUT2D eigenvalue weighted by molar-refractivity contribution is -0.137. The van der Waals surface area contributed by atoms with Crippen molar-refractivity contribution < 1.29 is 9.59 Å². The summed E-state index contributed by atoms with van der Waals surface area (Å²) in [7, 11) is 0. The third-order valence-corrected chi connectivity index (χ3v) is 4.95. The number of carbonyl (C=O) groups is 2. The van der Waals surface area contributed by atoms with E-state index in [0.717, 1.165) is 23.6 Å². The van der Waals surface area contributed by atoms with Gasteiger partial charge in [-0.1, -0.05) is 30.3 Å². The normalized spacial score (nSPS) is 18.6. The second-order valence-corrected chi connectivity index (χ2v) is 6.65.